The molecule has 0 aliphatic carbocycles. The van der Waals surface area contributed by atoms with Crippen molar-refractivity contribution in [2.45, 2.75) is 18.9 Å². The Morgan fingerprint density at radius 3 is 2.87 bits per heavy atom. The number of hydrogen-bond donors (Lipinski definition) is 0. The lowest BCUT2D eigenvalue weighted by Gasteiger charge is -2.26. The van der Waals surface area contributed by atoms with E-state index in [1.54, 1.807) is 11.3 Å². The zero-order valence-electron chi connectivity index (χ0n) is 13.2. The summed E-state index contributed by atoms with van der Waals surface area (Å²) in [6.45, 7) is 3.93. The molecule has 2 aliphatic rings. The molecule has 5 heteroatoms. The summed E-state index contributed by atoms with van der Waals surface area (Å²) in [6.07, 6.45) is 2.41. The van der Waals surface area contributed by atoms with Crippen LogP contribution in [0.3, 0.4) is 0 Å². The molecule has 2 aliphatic heterocycles. The topological polar surface area (TPSA) is 23.6 Å². The molecule has 1 amide bonds. The van der Waals surface area contributed by atoms with Gasteiger partial charge in [-0.3, -0.25) is 9.69 Å². The van der Waals surface area contributed by atoms with Crippen LogP contribution in [-0.2, 0) is 0 Å². The summed E-state index contributed by atoms with van der Waals surface area (Å²) in [5.74, 6) is 2.78. The first-order valence-electron chi connectivity index (χ1n) is 8.41. The lowest BCUT2D eigenvalue weighted by molar-refractivity contribution is 0.0764. The summed E-state index contributed by atoms with van der Waals surface area (Å²) in [6, 6.07) is 11.0. The van der Waals surface area contributed by atoms with E-state index in [2.05, 4.69) is 39.8 Å². The van der Waals surface area contributed by atoms with Gasteiger partial charge in [0, 0.05) is 42.7 Å². The molecule has 4 rings (SSSR count). The molecule has 0 N–H and O–H groups in total. The van der Waals surface area contributed by atoms with Gasteiger partial charge in [-0.15, -0.1) is 11.3 Å². The van der Waals surface area contributed by atoms with E-state index < -0.39 is 0 Å². The van der Waals surface area contributed by atoms with Crippen molar-refractivity contribution < 1.29 is 4.79 Å². The highest BCUT2D eigenvalue weighted by Crippen LogP contribution is 2.27. The van der Waals surface area contributed by atoms with E-state index in [9.17, 15) is 4.79 Å². The highest BCUT2D eigenvalue weighted by Gasteiger charge is 2.27. The molecular weight excluding hydrogens is 324 g/mol. The number of carbonyl (C=O) groups is 1. The predicted octanol–water partition coefficient (Wildman–Crippen LogP) is 3.55. The van der Waals surface area contributed by atoms with Gasteiger partial charge in [0.25, 0.3) is 5.91 Å². The number of benzene rings is 1. The van der Waals surface area contributed by atoms with Crippen molar-refractivity contribution in [2.24, 2.45) is 0 Å². The number of hydrogen-bond acceptors (Lipinski definition) is 4. The summed E-state index contributed by atoms with van der Waals surface area (Å²) in [5, 5.41) is 1.18. The molecule has 1 aromatic carbocycles. The van der Waals surface area contributed by atoms with E-state index in [4.69, 9.17) is 0 Å². The lowest BCUT2D eigenvalue weighted by atomic mass is 10.2. The molecule has 2 aromatic rings. The Labute approximate surface area is 145 Å². The average Bonchev–Trinajstić information content (AvgIpc) is 3.19. The Kier molecular flexibility index (Phi) is 4.60. The summed E-state index contributed by atoms with van der Waals surface area (Å²) in [7, 11) is 0. The molecule has 3 nitrogen and oxygen atoms in total. The zero-order chi connectivity index (χ0) is 15.6. The van der Waals surface area contributed by atoms with Crippen LogP contribution in [0.1, 0.15) is 22.5 Å². The molecule has 0 saturated carbocycles. The summed E-state index contributed by atoms with van der Waals surface area (Å²) in [5.41, 5.74) is 0. The van der Waals surface area contributed by atoms with Crippen molar-refractivity contribution in [3.63, 3.8) is 0 Å². The van der Waals surface area contributed by atoms with Crippen LogP contribution >= 0.6 is 23.1 Å². The van der Waals surface area contributed by atoms with E-state index in [0.29, 0.717) is 0 Å². The molecule has 0 bridgehead atoms. The number of rotatable bonds is 2. The SMILES string of the molecule is O=C(c1cc2ccccc2s1)N1CCCN(C2CCSC2)CC1. The second-order valence-corrected chi connectivity index (χ2v) is 8.58. The minimum absolute atomic E-state index is 0.217. The molecule has 23 heavy (non-hydrogen) atoms. The zero-order valence-corrected chi connectivity index (χ0v) is 14.9. The molecule has 122 valence electrons. The molecule has 1 atom stereocenters. The Morgan fingerprint density at radius 1 is 1.13 bits per heavy atom. The van der Waals surface area contributed by atoms with Crippen LogP contribution < -0.4 is 0 Å². The van der Waals surface area contributed by atoms with Crippen LogP contribution in [0.25, 0.3) is 10.1 Å². The number of fused-ring (bicyclic) bond motifs is 1. The average molecular weight is 347 g/mol. The number of nitrogens with zero attached hydrogens (tertiary/aromatic N) is 2. The fourth-order valence-corrected chi connectivity index (χ4v) is 5.84. The maximum atomic E-state index is 12.9. The van der Waals surface area contributed by atoms with Crippen molar-refractivity contribution in [1.82, 2.24) is 9.80 Å². The third-order valence-corrected chi connectivity index (χ3v) is 7.12. The largest absolute Gasteiger partial charge is 0.337 e. The van der Waals surface area contributed by atoms with Crippen LogP contribution in [0.2, 0.25) is 0 Å². The molecule has 1 unspecified atom stereocenters. The highest BCUT2D eigenvalue weighted by atomic mass is 32.2. The van der Waals surface area contributed by atoms with Crippen molar-refractivity contribution in [3.05, 3.63) is 35.2 Å². The van der Waals surface area contributed by atoms with E-state index in [-0.39, 0.29) is 5.91 Å². The minimum Gasteiger partial charge on any atom is -0.337 e. The Bertz CT molecular complexity index is 660. The Hall–Kier alpha value is -1.04. The Morgan fingerprint density at radius 2 is 2.04 bits per heavy atom. The second-order valence-electron chi connectivity index (χ2n) is 6.35. The molecule has 0 spiro atoms. The van der Waals surface area contributed by atoms with Gasteiger partial charge in [-0.2, -0.15) is 11.8 Å². The number of carbonyl (C=O) groups excluding carboxylic acids is 1. The standard InChI is InChI=1S/C18H22N2OS2/c21-18(17-12-14-4-1-2-5-16(14)23-17)20-8-3-7-19(9-10-20)15-6-11-22-13-15/h1-2,4-5,12,15H,3,6-11,13H2. The van der Waals surface area contributed by atoms with E-state index in [1.165, 1.54) is 28.0 Å². The van der Waals surface area contributed by atoms with Crippen molar-refractivity contribution in [2.75, 3.05) is 37.7 Å². The van der Waals surface area contributed by atoms with Crippen molar-refractivity contribution in [1.29, 1.82) is 0 Å². The van der Waals surface area contributed by atoms with Crippen LogP contribution in [0.4, 0.5) is 0 Å². The van der Waals surface area contributed by atoms with Crippen LogP contribution in [0.5, 0.6) is 0 Å². The van der Waals surface area contributed by atoms with Gasteiger partial charge in [0.05, 0.1) is 4.88 Å². The molecule has 0 radical (unpaired) electrons. The highest BCUT2D eigenvalue weighted by molar-refractivity contribution is 7.99. The molecule has 1 aromatic heterocycles. The van der Waals surface area contributed by atoms with Gasteiger partial charge in [0.1, 0.15) is 0 Å². The molecule has 2 saturated heterocycles. The summed E-state index contributed by atoms with van der Waals surface area (Å²) in [4.78, 5) is 18.4. The maximum absolute atomic E-state index is 12.9. The van der Waals surface area contributed by atoms with Crippen LogP contribution in [0, 0.1) is 0 Å². The monoisotopic (exact) mass is 346 g/mol. The van der Waals surface area contributed by atoms with Crippen LogP contribution in [0.15, 0.2) is 30.3 Å². The van der Waals surface area contributed by atoms with E-state index in [1.807, 2.05) is 12.1 Å². The van der Waals surface area contributed by atoms with Gasteiger partial charge >= 0.3 is 0 Å². The third-order valence-electron chi connectivity index (χ3n) is 4.88. The number of thioether (sulfide) groups is 1. The van der Waals surface area contributed by atoms with Crippen molar-refractivity contribution >= 4 is 39.1 Å². The van der Waals surface area contributed by atoms with Gasteiger partial charge in [0.2, 0.25) is 0 Å². The maximum Gasteiger partial charge on any atom is 0.264 e. The summed E-state index contributed by atoms with van der Waals surface area (Å²) >= 11 is 3.69. The van der Waals surface area contributed by atoms with Crippen LogP contribution in [-0.4, -0.2) is 59.4 Å². The van der Waals surface area contributed by atoms with Gasteiger partial charge < -0.3 is 4.90 Å². The van der Waals surface area contributed by atoms with Gasteiger partial charge in [-0.25, -0.2) is 0 Å². The predicted molar refractivity (Wildman–Crippen MR) is 99.6 cm³/mol. The lowest BCUT2D eigenvalue weighted by Crippen LogP contribution is -2.39. The quantitative estimate of drug-likeness (QED) is 0.831. The molecule has 3 heterocycles. The second kappa shape index (κ2) is 6.83. The van der Waals surface area contributed by atoms with Gasteiger partial charge in [0.15, 0.2) is 0 Å². The van der Waals surface area contributed by atoms with E-state index in [0.717, 1.165) is 43.5 Å². The Balaban J connectivity index is 1.45. The molecule has 2 fully saturated rings. The first kappa shape index (κ1) is 15.5. The fraction of sp³-hybridized carbons (Fsp3) is 0.500. The number of thiophene rings is 1. The van der Waals surface area contributed by atoms with Crippen molar-refractivity contribution in [3.8, 4) is 0 Å². The molecular formula is C18H22N2OS2. The normalized spacial score (nSPS) is 23.3. The summed E-state index contributed by atoms with van der Waals surface area (Å²) < 4.78 is 1.20. The third kappa shape index (κ3) is 3.28. The van der Waals surface area contributed by atoms with Gasteiger partial charge in [-0.05, 0) is 36.1 Å². The fourth-order valence-electron chi connectivity index (χ4n) is 3.56. The number of amides is 1. The van der Waals surface area contributed by atoms with E-state index >= 15 is 0 Å². The first-order valence-corrected chi connectivity index (χ1v) is 10.4. The smallest absolute Gasteiger partial charge is 0.264 e. The minimum atomic E-state index is 0.217. The first-order chi connectivity index (χ1) is 11.3. The van der Waals surface area contributed by atoms with Gasteiger partial charge in [-0.1, -0.05) is 18.2 Å².